The van der Waals surface area contributed by atoms with Gasteiger partial charge in [0.15, 0.2) is 6.67 Å². The van der Waals surface area contributed by atoms with E-state index >= 15 is 0 Å². The molecule has 2 aliphatic heterocycles. The molecule has 1 fully saturated rings. The van der Waals surface area contributed by atoms with Crippen molar-refractivity contribution in [2.24, 2.45) is 0 Å². The minimum atomic E-state index is -3.77. The standard InChI is InChI=1S/C20H20F3N3O3S/c21-13-20(27)26-4-3-14-9-18(1-2-19(14)26)30(28,29)25-7-5-24(6-8-25)17-11-15(22)10-16(23)12-17/h1-2,9-12H,3-8,13H2. The Labute approximate surface area is 172 Å². The Kier molecular flexibility index (Phi) is 5.46. The molecular formula is C20H20F3N3O3S. The fraction of sp³-hybridized carbons (Fsp3) is 0.350. The SMILES string of the molecule is O=C(CF)N1CCc2cc(S(=O)(=O)N3CCN(c4cc(F)cc(F)c4)CC3)ccc21. The molecule has 30 heavy (non-hydrogen) atoms. The average Bonchev–Trinajstić information content (AvgIpc) is 3.16. The highest BCUT2D eigenvalue weighted by atomic mass is 32.2. The molecule has 2 aliphatic rings. The molecule has 2 aromatic carbocycles. The summed E-state index contributed by atoms with van der Waals surface area (Å²) in [4.78, 5) is 14.8. The van der Waals surface area contributed by atoms with Crippen LogP contribution in [0.1, 0.15) is 5.56 Å². The van der Waals surface area contributed by atoms with Crippen molar-refractivity contribution in [3.63, 3.8) is 0 Å². The van der Waals surface area contributed by atoms with Gasteiger partial charge in [0.25, 0.3) is 5.91 Å². The van der Waals surface area contributed by atoms with Gasteiger partial charge < -0.3 is 9.80 Å². The van der Waals surface area contributed by atoms with Crippen LogP contribution in [-0.2, 0) is 21.2 Å². The third kappa shape index (κ3) is 3.77. The van der Waals surface area contributed by atoms with E-state index in [1.807, 2.05) is 0 Å². The smallest absolute Gasteiger partial charge is 0.258 e. The molecule has 0 atom stereocenters. The minimum absolute atomic E-state index is 0.112. The molecule has 4 rings (SSSR count). The Balaban J connectivity index is 1.49. The molecule has 1 saturated heterocycles. The first kappa shape index (κ1) is 20.7. The highest BCUT2D eigenvalue weighted by molar-refractivity contribution is 7.89. The normalized spacial score (nSPS) is 17.3. The van der Waals surface area contributed by atoms with Crippen molar-refractivity contribution in [2.75, 3.05) is 49.2 Å². The van der Waals surface area contributed by atoms with Gasteiger partial charge in [-0.1, -0.05) is 0 Å². The van der Waals surface area contributed by atoms with E-state index in [1.54, 1.807) is 4.90 Å². The number of benzene rings is 2. The molecule has 1 amide bonds. The largest absolute Gasteiger partial charge is 0.369 e. The van der Waals surface area contributed by atoms with E-state index in [1.165, 1.54) is 39.5 Å². The van der Waals surface area contributed by atoms with Gasteiger partial charge in [0, 0.05) is 50.2 Å². The first-order valence-electron chi connectivity index (χ1n) is 9.50. The Hall–Kier alpha value is -2.59. The van der Waals surface area contributed by atoms with Crippen molar-refractivity contribution in [2.45, 2.75) is 11.3 Å². The molecule has 0 N–H and O–H groups in total. The molecule has 0 aromatic heterocycles. The number of carbonyl (C=O) groups is 1. The number of hydrogen-bond acceptors (Lipinski definition) is 4. The number of rotatable bonds is 4. The van der Waals surface area contributed by atoms with Crippen LogP contribution in [0, 0.1) is 11.6 Å². The first-order chi connectivity index (χ1) is 14.3. The number of piperazine rings is 1. The molecule has 2 aromatic rings. The minimum Gasteiger partial charge on any atom is -0.369 e. The van der Waals surface area contributed by atoms with Crippen molar-refractivity contribution in [3.05, 3.63) is 53.6 Å². The summed E-state index contributed by atoms with van der Waals surface area (Å²) in [7, 11) is -3.77. The molecule has 0 saturated carbocycles. The van der Waals surface area contributed by atoms with Gasteiger partial charge >= 0.3 is 0 Å². The van der Waals surface area contributed by atoms with Gasteiger partial charge in [-0.15, -0.1) is 0 Å². The summed E-state index contributed by atoms with van der Waals surface area (Å²) in [6.07, 6.45) is 0.462. The van der Waals surface area contributed by atoms with Gasteiger partial charge in [-0.05, 0) is 42.3 Å². The zero-order chi connectivity index (χ0) is 21.5. The fourth-order valence-electron chi connectivity index (χ4n) is 3.93. The average molecular weight is 439 g/mol. The zero-order valence-corrected chi connectivity index (χ0v) is 16.8. The van der Waals surface area contributed by atoms with Gasteiger partial charge in [0.2, 0.25) is 10.0 Å². The molecule has 0 aliphatic carbocycles. The highest BCUT2D eigenvalue weighted by Crippen LogP contribution is 2.31. The summed E-state index contributed by atoms with van der Waals surface area (Å²) in [6.45, 7) is 0.162. The van der Waals surface area contributed by atoms with Gasteiger partial charge in [0.1, 0.15) is 11.6 Å². The van der Waals surface area contributed by atoms with Crippen molar-refractivity contribution >= 4 is 27.3 Å². The van der Waals surface area contributed by atoms with Gasteiger partial charge in [0.05, 0.1) is 4.90 Å². The quantitative estimate of drug-likeness (QED) is 0.734. The van der Waals surface area contributed by atoms with E-state index in [4.69, 9.17) is 0 Å². The summed E-state index contributed by atoms with van der Waals surface area (Å²) < 4.78 is 67.1. The topological polar surface area (TPSA) is 60.9 Å². The molecular weight excluding hydrogens is 419 g/mol. The van der Waals surface area contributed by atoms with Crippen LogP contribution in [0.25, 0.3) is 0 Å². The third-order valence-electron chi connectivity index (χ3n) is 5.45. The Bertz CT molecular complexity index is 1070. The summed E-state index contributed by atoms with van der Waals surface area (Å²) in [5.41, 5.74) is 1.60. The van der Waals surface area contributed by atoms with Gasteiger partial charge in [-0.25, -0.2) is 21.6 Å². The monoisotopic (exact) mass is 439 g/mol. The summed E-state index contributed by atoms with van der Waals surface area (Å²) in [5.74, 6) is -2.01. The van der Waals surface area contributed by atoms with E-state index in [9.17, 15) is 26.4 Å². The van der Waals surface area contributed by atoms with Crippen molar-refractivity contribution in [3.8, 4) is 0 Å². The van der Waals surface area contributed by atoms with Crippen LogP contribution in [0.2, 0.25) is 0 Å². The molecule has 2 heterocycles. The molecule has 160 valence electrons. The fourth-order valence-corrected chi connectivity index (χ4v) is 5.40. The molecule has 10 heteroatoms. The molecule has 0 radical (unpaired) electrons. The summed E-state index contributed by atoms with van der Waals surface area (Å²) in [6, 6.07) is 7.72. The first-order valence-corrected chi connectivity index (χ1v) is 10.9. The van der Waals surface area contributed by atoms with Gasteiger partial charge in [-0.2, -0.15) is 4.31 Å². The van der Waals surface area contributed by atoms with E-state index in [-0.39, 0.29) is 18.0 Å². The number of carbonyl (C=O) groups excluding carboxylic acids is 1. The molecule has 6 nitrogen and oxygen atoms in total. The number of alkyl halides is 1. The Morgan fingerprint density at radius 3 is 2.23 bits per heavy atom. The van der Waals surface area contributed by atoms with Gasteiger partial charge in [-0.3, -0.25) is 4.79 Å². The number of amides is 1. The number of halogens is 3. The predicted molar refractivity (Wildman–Crippen MR) is 106 cm³/mol. The number of anilines is 2. The maximum atomic E-state index is 13.5. The Morgan fingerprint density at radius 2 is 1.60 bits per heavy atom. The highest BCUT2D eigenvalue weighted by Gasteiger charge is 2.31. The third-order valence-corrected chi connectivity index (χ3v) is 7.35. The lowest BCUT2D eigenvalue weighted by Gasteiger charge is -2.35. The van der Waals surface area contributed by atoms with Crippen LogP contribution in [0.3, 0.4) is 0 Å². The number of sulfonamides is 1. The second kappa shape index (κ2) is 7.92. The molecule has 0 spiro atoms. The lowest BCUT2D eigenvalue weighted by Crippen LogP contribution is -2.48. The zero-order valence-electron chi connectivity index (χ0n) is 16.0. The van der Waals surface area contributed by atoms with Crippen LogP contribution in [0.15, 0.2) is 41.3 Å². The summed E-state index contributed by atoms with van der Waals surface area (Å²) in [5, 5.41) is 0. The van der Waals surface area contributed by atoms with Crippen LogP contribution < -0.4 is 9.80 Å². The summed E-state index contributed by atoms with van der Waals surface area (Å²) >= 11 is 0. The van der Waals surface area contributed by atoms with Crippen LogP contribution in [0.4, 0.5) is 24.5 Å². The number of nitrogens with zero attached hydrogens (tertiary/aromatic N) is 3. The maximum Gasteiger partial charge on any atom is 0.258 e. The van der Waals surface area contributed by atoms with Crippen LogP contribution in [0.5, 0.6) is 0 Å². The molecule has 0 unspecified atom stereocenters. The van der Waals surface area contributed by atoms with Crippen molar-refractivity contribution in [1.29, 1.82) is 0 Å². The number of fused-ring (bicyclic) bond motifs is 1. The lowest BCUT2D eigenvalue weighted by molar-refractivity contribution is -0.119. The predicted octanol–water partition coefficient (Wildman–Crippen LogP) is 2.33. The maximum absolute atomic E-state index is 13.5. The van der Waals surface area contributed by atoms with E-state index < -0.39 is 34.2 Å². The van der Waals surface area contributed by atoms with Crippen molar-refractivity contribution < 1.29 is 26.4 Å². The van der Waals surface area contributed by atoms with E-state index in [2.05, 4.69) is 0 Å². The second-order valence-corrected chi connectivity index (χ2v) is 9.18. The van der Waals surface area contributed by atoms with E-state index in [0.717, 1.165) is 6.07 Å². The van der Waals surface area contributed by atoms with Crippen LogP contribution in [-0.4, -0.2) is 58.0 Å². The van der Waals surface area contributed by atoms with Crippen molar-refractivity contribution in [1.82, 2.24) is 4.31 Å². The van der Waals surface area contributed by atoms with Crippen LogP contribution >= 0.6 is 0 Å². The van der Waals surface area contributed by atoms with E-state index in [0.29, 0.717) is 43.0 Å². The molecule has 0 bridgehead atoms. The lowest BCUT2D eigenvalue weighted by atomic mass is 10.2. The Morgan fingerprint density at radius 1 is 0.933 bits per heavy atom. The number of hydrogen-bond donors (Lipinski definition) is 0. The second-order valence-electron chi connectivity index (χ2n) is 7.24.